The van der Waals surface area contributed by atoms with E-state index in [1.54, 1.807) is 12.2 Å². The van der Waals surface area contributed by atoms with Crippen LogP contribution in [0.1, 0.15) is 48.5 Å². The van der Waals surface area contributed by atoms with Crippen LogP contribution >= 0.6 is 0 Å². The van der Waals surface area contributed by atoms with Crippen LogP contribution < -0.4 is 15.4 Å². The van der Waals surface area contributed by atoms with Crippen LogP contribution in [0.2, 0.25) is 0 Å². The molecule has 47 heavy (non-hydrogen) atoms. The number of aliphatic hydroxyl groups excluding tert-OH is 1. The molecule has 9 heteroatoms. The van der Waals surface area contributed by atoms with E-state index >= 15 is 0 Å². The van der Waals surface area contributed by atoms with Crippen molar-refractivity contribution in [2.75, 3.05) is 20.3 Å². The highest BCUT2D eigenvalue weighted by Gasteiger charge is 2.31. The summed E-state index contributed by atoms with van der Waals surface area (Å²) in [6.45, 7) is 7.66. The third-order valence-electron chi connectivity index (χ3n) is 7.47. The van der Waals surface area contributed by atoms with Crippen LogP contribution in [0.4, 0.5) is 0 Å². The van der Waals surface area contributed by atoms with Crippen LogP contribution in [-0.2, 0) is 36.9 Å². The summed E-state index contributed by atoms with van der Waals surface area (Å²) in [5.41, 5.74) is 2.67. The molecule has 0 saturated carbocycles. The number of hydrogen-bond acceptors (Lipinski definition) is 7. The molecular weight excluding hydrogens is 596 g/mol. The normalized spacial score (nSPS) is 13.3. The van der Waals surface area contributed by atoms with Crippen molar-refractivity contribution in [1.82, 2.24) is 10.6 Å². The molecule has 0 aliphatic carbocycles. The molecule has 0 spiro atoms. The number of esters is 1. The number of amides is 2. The molecule has 0 heterocycles. The van der Waals surface area contributed by atoms with Gasteiger partial charge in [0.25, 0.3) is 0 Å². The second-order valence-corrected chi connectivity index (χ2v) is 11.2. The van der Waals surface area contributed by atoms with Gasteiger partial charge in [-0.05, 0) is 48.1 Å². The van der Waals surface area contributed by atoms with Crippen molar-refractivity contribution in [2.24, 2.45) is 5.92 Å². The number of methoxy groups -OCH3 is 1. The predicted octanol–water partition coefficient (Wildman–Crippen LogP) is 5.25. The number of allylic oxidation sites excluding steroid dienone is 2. The lowest BCUT2D eigenvalue weighted by Gasteiger charge is -2.29. The first kappa shape index (κ1) is 36.7. The lowest BCUT2D eigenvalue weighted by atomic mass is 9.97. The number of carbonyl (C=O) groups is 3. The third kappa shape index (κ3) is 12.9. The average molecular weight is 643 g/mol. The second-order valence-electron chi connectivity index (χ2n) is 11.2. The van der Waals surface area contributed by atoms with Crippen LogP contribution in [0.5, 0.6) is 5.75 Å². The Morgan fingerprint density at radius 3 is 2.17 bits per heavy atom. The second kappa shape index (κ2) is 20.4. The molecular formula is C38H46N2O7. The van der Waals surface area contributed by atoms with Gasteiger partial charge in [0.2, 0.25) is 11.8 Å². The highest BCUT2D eigenvalue weighted by atomic mass is 16.5. The summed E-state index contributed by atoms with van der Waals surface area (Å²) in [5.74, 6) is -1.25. The number of benzene rings is 3. The molecule has 4 atom stereocenters. The molecule has 0 aliphatic rings. The zero-order chi connectivity index (χ0) is 33.9. The van der Waals surface area contributed by atoms with Gasteiger partial charge in [0, 0.05) is 20.0 Å². The minimum atomic E-state index is -0.815. The van der Waals surface area contributed by atoms with E-state index in [2.05, 4.69) is 23.8 Å². The molecule has 0 radical (unpaired) electrons. The Hall–Kier alpha value is -4.73. The minimum absolute atomic E-state index is 0.0652. The van der Waals surface area contributed by atoms with E-state index < -0.39 is 36.0 Å². The van der Waals surface area contributed by atoms with Crippen LogP contribution in [0.25, 0.3) is 0 Å². The Kier molecular flexibility index (Phi) is 15.9. The average Bonchev–Trinajstić information content (AvgIpc) is 3.09. The van der Waals surface area contributed by atoms with Gasteiger partial charge >= 0.3 is 5.97 Å². The third-order valence-corrected chi connectivity index (χ3v) is 7.47. The number of rotatable bonds is 21. The topological polar surface area (TPSA) is 123 Å². The molecule has 2 amide bonds. The summed E-state index contributed by atoms with van der Waals surface area (Å²) in [6, 6.07) is 25.2. The van der Waals surface area contributed by atoms with Gasteiger partial charge in [0.05, 0.1) is 31.2 Å². The number of nitrogens with one attached hydrogen (secondary N) is 2. The van der Waals surface area contributed by atoms with Crippen LogP contribution in [-0.4, -0.2) is 55.3 Å². The van der Waals surface area contributed by atoms with Crippen LogP contribution in [0.15, 0.2) is 110 Å². The van der Waals surface area contributed by atoms with E-state index in [1.807, 2.05) is 84.9 Å². The molecule has 0 bridgehead atoms. The molecule has 0 aliphatic heterocycles. The maximum Gasteiger partial charge on any atom is 0.306 e. The first-order chi connectivity index (χ1) is 22.9. The summed E-state index contributed by atoms with van der Waals surface area (Å²) in [6.07, 6.45) is 3.52. The van der Waals surface area contributed by atoms with Gasteiger partial charge in [-0.15, -0.1) is 13.2 Å². The van der Waals surface area contributed by atoms with E-state index in [1.165, 1.54) is 7.11 Å². The number of ether oxygens (including phenoxy) is 3. The molecule has 9 nitrogen and oxygen atoms in total. The molecule has 0 saturated heterocycles. The Morgan fingerprint density at radius 1 is 0.872 bits per heavy atom. The van der Waals surface area contributed by atoms with Gasteiger partial charge in [0.1, 0.15) is 18.5 Å². The standard InChI is InChI=1S/C38H46N2O7/c1-4-6-18-36(43)47-37(30-16-11-8-12-17-30)34(27-45-3)40-38(44)31(13-5-2)24-35(42)39-32(25-41)23-28-19-21-33(22-20-28)46-26-29-14-9-7-10-15-29/h4-5,7-12,14-17,19-22,31-32,34,37,41H,1-2,6,13,18,23-27H2,3H3,(H,39,42)(H,40,44). The van der Waals surface area contributed by atoms with E-state index in [4.69, 9.17) is 14.2 Å². The molecule has 3 aromatic carbocycles. The summed E-state index contributed by atoms with van der Waals surface area (Å²) < 4.78 is 17.1. The number of aliphatic hydroxyl groups is 1. The van der Waals surface area contributed by atoms with Crippen molar-refractivity contribution in [3.8, 4) is 5.75 Å². The lowest BCUT2D eigenvalue weighted by Crippen LogP contribution is -2.47. The van der Waals surface area contributed by atoms with E-state index in [9.17, 15) is 19.5 Å². The molecule has 3 aromatic rings. The predicted molar refractivity (Wildman–Crippen MR) is 181 cm³/mol. The fraction of sp³-hybridized carbons (Fsp3) is 0.342. The van der Waals surface area contributed by atoms with Crippen molar-refractivity contribution in [1.29, 1.82) is 0 Å². The van der Waals surface area contributed by atoms with Gasteiger partial charge in [0.15, 0.2) is 0 Å². The highest BCUT2D eigenvalue weighted by Crippen LogP contribution is 2.24. The van der Waals surface area contributed by atoms with E-state index in [0.717, 1.165) is 11.1 Å². The fourth-order valence-electron chi connectivity index (χ4n) is 5.03. The fourth-order valence-corrected chi connectivity index (χ4v) is 5.03. The van der Waals surface area contributed by atoms with Crippen LogP contribution in [0, 0.1) is 5.92 Å². The Morgan fingerprint density at radius 2 is 1.55 bits per heavy atom. The largest absolute Gasteiger partial charge is 0.489 e. The number of hydrogen-bond donors (Lipinski definition) is 3. The Balaban J connectivity index is 1.62. The molecule has 0 fully saturated rings. The SMILES string of the molecule is C=CCCC(=O)OC(c1ccccc1)C(COC)NC(=O)C(CC=C)CC(=O)NC(CO)Cc1ccc(OCc2ccccc2)cc1. The first-order valence-corrected chi connectivity index (χ1v) is 15.8. The monoisotopic (exact) mass is 642 g/mol. The van der Waals surface area contributed by atoms with Gasteiger partial charge in [-0.1, -0.05) is 84.9 Å². The van der Waals surface area contributed by atoms with Gasteiger partial charge in [-0.25, -0.2) is 0 Å². The highest BCUT2D eigenvalue weighted by molar-refractivity contribution is 5.86. The van der Waals surface area contributed by atoms with Crippen molar-refractivity contribution in [3.63, 3.8) is 0 Å². The Bertz CT molecular complexity index is 1400. The summed E-state index contributed by atoms with van der Waals surface area (Å²) in [4.78, 5) is 39.3. The molecule has 3 rings (SSSR count). The van der Waals surface area contributed by atoms with Crippen molar-refractivity contribution >= 4 is 17.8 Å². The van der Waals surface area contributed by atoms with Crippen molar-refractivity contribution < 1.29 is 33.7 Å². The summed E-state index contributed by atoms with van der Waals surface area (Å²) in [7, 11) is 1.50. The number of carbonyl (C=O) groups excluding carboxylic acids is 3. The van der Waals surface area contributed by atoms with E-state index in [0.29, 0.717) is 30.8 Å². The molecule has 0 aromatic heterocycles. The van der Waals surface area contributed by atoms with E-state index in [-0.39, 0.29) is 38.4 Å². The maximum absolute atomic E-state index is 13.6. The van der Waals surface area contributed by atoms with Gasteiger partial charge in [-0.2, -0.15) is 0 Å². The molecule has 4 unspecified atom stereocenters. The zero-order valence-electron chi connectivity index (χ0n) is 27.0. The lowest BCUT2D eigenvalue weighted by molar-refractivity contribution is -0.153. The van der Waals surface area contributed by atoms with Gasteiger partial charge < -0.3 is 30.0 Å². The van der Waals surface area contributed by atoms with Crippen molar-refractivity contribution in [2.45, 2.75) is 56.9 Å². The zero-order valence-corrected chi connectivity index (χ0v) is 27.0. The Labute approximate surface area is 277 Å². The summed E-state index contributed by atoms with van der Waals surface area (Å²) in [5, 5.41) is 15.8. The quantitative estimate of drug-likeness (QED) is 0.107. The minimum Gasteiger partial charge on any atom is -0.489 e. The van der Waals surface area contributed by atoms with Crippen molar-refractivity contribution in [3.05, 3.63) is 127 Å². The maximum atomic E-state index is 13.6. The van der Waals surface area contributed by atoms with Gasteiger partial charge in [-0.3, -0.25) is 14.4 Å². The molecule has 3 N–H and O–H groups in total. The first-order valence-electron chi connectivity index (χ1n) is 15.8. The van der Waals surface area contributed by atoms with Crippen LogP contribution in [0.3, 0.4) is 0 Å². The summed E-state index contributed by atoms with van der Waals surface area (Å²) >= 11 is 0. The molecule has 250 valence electrons. The smallest absolute Gasteiger partial charge is 0.306 e.